The summed E-state index contributed by atoms with van der Waals surface area (Å²) in [6.45, 7) is 0. The van der Waals surface area contributed by atoms with Gasteiger partial charge in [0.25, 0.3) is 0 Å². The van der Waals surface area contributed by atoms with Crippen LogP contribution in [0.15, 0.2) is 158 Å². The maximum atomic E-state index is 5.03. The number of para-hydroxylation sites is 1. The maximum absolute atomic E-state index is 5.03. The van der Waals surface area contributed by atoms with Crippen molar-refractivity contribution in [3.8, 4) is 39.9 Å². The molecule has 0 radical (unpaired) electrons. The Morgan fingerprint density at radius 2 is 0.958 bits per heavy atom. The zero-order chi connectivity index (χ0) is 31.6. The Morgan fingerprint density at radius 1 is 0.417 bits per heavy atom. The third-order valence-corrected chi connectivity index (χ3v) is 10.4. The van der Waals surface area contributed by atoms with E-state index in [2.05, 4.69) is 102 Å². The lowest BCUT2D eigenvalue weighted by molar-refractivity contribution is 1.07. The highest BCUT2D eigenvalue weighted by atomic mass is 32.1. The molecule has 0 saturated heterocycles. The second-order valence-corrected chi connectivity index (χ2v) is 13.1. The van der Waals surface area contributed by atoms with Crippen molar-refractivity contribution in [1.29, 1.82) is 0 Å². The molecular weight excluding hydrogens is 605 g/mol. The molecule has 0 N–H and O–H groups in total. The lowest BCUT2D eigenvalue weighted by Crippen LogP contribution is -2.01. The van der Waals surface area contributed by atoms with E-state index in [9.17, 15) is 0 Å². The maximum Gasteiger partial charge on any atom is 0.164 e. The zero-order valence-corrected chi connectivity index (χ0v) is 26.5. The van der Waals surface area contributed by atoms with Crippen molar-refractivity contribution in [3.63, 3.8) is 0 Å². The van der Waals surface area contributed by atoms with Crippen molar-refractivity contribution in [1.82, 2.24) is 19.5 Å². The minimum absolute atomic E-state index is 0.641. The van der Waals surface area contributed by atoms with Gasteiger partial charge in [-0.05, 0) is 29.7 Å². The number of nitrogens with zero attached hydrogens (tertiary/aromatic N) is 4. The Bertz CT molecular complexity index is 2780. The molecule has 0 bridgehead atoms. The highest BCUT2D eigenvalue weighted by molar-refractivity contribution is 7.27. The van der Waals surface area contributed by atoms with Crippen molar-refractivity contribution in [2.75, 3.05) is 0 Å². The van der Waals surface area contributed by atoms with E-state index in [1.54, 1.807) is 0 Å². The molecule has 0 aliphatic carbocycles. The highest BCUT2D eigenvalue weighted by Gasteiger charge is 2.22. The first-order chi connectivity index (χ1) is 23.8. The fraction of sp³-hybridized carbons (Fsp3) is 0. The minimum atomic E-state index is 0.641. The molecule has 0 aliphatic rings. The quantitative estimate of drug-likeness (QED) is 0.194. The van der Waals surface area contributed by atoms with Crippen LogP contribution in [0.4, 0.5) is 0 Å². The molecule has 0 unspecified atom stereocenters. The number of hydrogen-bond acceptors (Lipinski definition) is 4. The smallest absolute Gasteiger partial charge is 0.164 e. The Hall–Kier alpha value is -6.17. The fourth-order valence-electron chi connectivity index (χ4n) is 7.11. The summed E-state index contributed by atoms with van der Waals surface area (Å²) in [6, 6.07) is 55.3. The molecule has 3 heterocycles. The van der Waals surface area contributed by atoms with E-state index in [1.807, 2.05) is 72.0 Å². The SMILES string of the molecule is c1ccc(-c2nc(-c3ccccc3)nc(-c3cccc(-n4c5ccccc5c5c6sc7ccccc7c6c6ccccc6c54)c3)n2)cc1. The van der Waals surface area contributed by atoms with Gasteiger partial charge in [0.15, 0.2) is 17.5 Å². The van der Waals surface area contributed by atoms with Gasteiger partial charge in [-0.1, -0.05) is 133 Å². The van der Waals surface area contributed by atoms with Crippen LogP contribution in [-0.4, -0.2) is 19.5 Å². The molecule has 0 spiro atoms. The predicted octanol–water partition coefficient (Wildman–Crippen LogP) is 11.5. The molecule has 0 atom stereocenters. The Morgan fingerprint density at radius 3 is 1.67 bits per heavy atom. The average Bonchev–Trinajstić information content (AvgIpc) is 3.72. The lowest BCUT2D eigenvalue weighted by atomic mass is 10.00. The van der Waals surface area contributed by atoms with E-state index in [0.717, 1.165) is 22.4 Å². The molecule has 0 saturated carbocycles. The summed E-state index contributed by atoms with van der Waals surface area (Å²) in [6.07, 6.45) is 0. The van der Waals surface area contributed by atoms with Gasteiger partial charge in [0.05, 0.1) is 11.0 Å². The second-order valence-electron chi connectivity index (χ2n) is 12.0. The van der Waals surface area contributed by atoms with Crippen LogP contribution >= 0.6 is 11.3 Å². The van der Waals surface area contributed by atoms with Crippen LogP contribution < -0.4 is 0 Å². The zero-order valence-electron chi connectivity index (χ0n) is 25.7. The van der Waals surface area contributed by atoms with Crippen LogP contribution in [0.5, 0.6) is 0 Å². The molecule has 0 amide bonds. The van der Waals surface area contributed by atoms with Gasteiger partial charge >= 0.3 is 0 Å². The van der Waals surface area contributed by atoms with E-state index in [4.69, 9.17) is 15.0 Å². The van der Waals surface area contributed by atoms with Crippen molar-refractivity contribution in [3.05, 3.63) is 158 Å². The topological polar surface area (TPSA) is 43.6 Å². The molecule has 48 heavy (non-hydrogen) atoms. The first kappa shape index (κ1) is 27.0. The number of fused-ring (bicyclic) bond motifs is 10. The number of benzene rings is 7. The summed E-state index contributed by atoms with van der Waals surface area (Å²) in [4.78, 5) is 15.0. The van der Waals surface area contributed by atoms with Crippen molar-refractivity contribution < 1.29 is 0 Å². The molecule has 3 aromatic heterocycles. The third kappa shape index (κ3) is 4.11. The molecule has 224 valence electrons. The Kier molecular flexibility index (Phi) is 6.01. The summed E-state index contributed by atoms with van der Waals surface area (Å²) >= 11 is 1.89. The standard InChI is InChI=1S/C43H26N4S/c1-3-14-27(15-4-1)41-44-42(28-16-5-2-6-17-28)46-43(45-41)29-18-13-19-30(26-29)47-35-24-11-9-22-33(35)38-39(47)32-21-8-7-20-31(32)37-34-23-10-12-25-36(34)48-40(37)38/h1-26H. The summed E-state index contributed by atoms with van der Waals surface area (Å²) in [5.74, 6) is 1.95. The van der Waals surface area contributed by atoms with Gasteiger partial charge < -0.3 is 4.57 Å². The van der Waals surface area contributed by atoms with Crippen LogP contribution in [0.3, 0.4) is 0 Å². The van der Waals surface area contributed by atoms with Crippen LogP contribution in [0.25, 0.3) is 92.6 Å². The van der Waals surface area contributed by atoms with Crippen LogP contribution in [0.1, 0.15) is 0 Å². The largest absolute Gasteiger partial charge is 0.309 e. The summed E-state index contributed by atoms with van der Waals surface area (Å²) in [5, 5.41) is 7.70. The van der Waals surface area contributed by atoms with Crippen LogP contribution in [-0.2, 0) is 0 Å². The van der Waals surface area contributed by atoms with Crippen molar-refractivity contribution in [2.24, 2.45) is 0 Å². The van der Waals surface area contributed by atoms with Crippen LogP contribution in [0, 0.1) is 0 Å². The molecule has 10 aromatic rings. The molecule has 7 aromatic carbocycles. The van der Waals surface area contributed by atoms with E-state index in [-0.39, 0.29) is 0 Å². The Balaban J connectivity index is 1.27. The van der Waals surface area contributed by atoms with E-state index in [1.165, 1.54) is 52.8 Å². The lowest BCUT2D eigenvalue weighted by Gasteiger charge is -2.13. The van der Waals surface area contributed by atoms with Gasteiger partial charge in [-0.25, -0.2) is 15.0 Å². The van der Waals surface area contributed by atoms with Gasteiger partial charge in [-0.3, -0.25) is 0 Å². The molecular formula is C43H26N4S. The number of hydrogen-bond donors (Lipinski definition) is 0. The Labute approximate surface area is 280 Å². The third-order valence-electron chi connectivity index (χ3n) is 9.21. The summed E-state index contributed by atoms with van der Waals surface area (Å²) in [7, 11) is 0. The normalized spacial score (nSPS) is 11.8. The predicted molar refractivity (Wildman–Crippen MR) is 201 cm³/mol. The van der Waals surface area contributed by atoms with Crippen molar-refractivity contribution >= 4 is 64.1 Å². The second kappa shape index (κ2) is 10.7. The van der Waals surface area contributed by atoms with Gasteiger partial charge in [0, 0.05) is 58.7 Å². The number of rotatable bonds is 4. The molecule has 5 heteroatoms. The van der Waals surface area contributed by atoms with E-state index >= 15 is 0 Å². The molecule has 4 nitrogen and oxygen atoms in total. The average molecular weight is 631 g/mol. The van der Waals surface area contributed by atoms with E-state index in [0.29, 0.717) is 17.5 Å². The van der Waals surface area contributed by atoms with E-state index < -0.39 is 0 Å². The van der Waals surface area contributed by atoms with Gasteiger partial charge in [-0.2, -0.15) is 0 Å². The molecule has 0 fully saturated rings. The van der Waals surface area contributed by atoms with Gasteiger partial charge in [0.2, 0.25) is 0 Å². The molecule has 10 rings (SSSR count). The highest BCUT2D eigenvalue weighted by Crippen LogP contribution is 2.48. The monoisotopic (exact) mass is 630 g/mol. The summed E-state index contributed by atoms with van der Waals surface area (Å²) in [5.41, 5.74) is 6.29. The fourth-order valence-corrected chi connectivity index (χ4v) is 8.39. The number of aromatic nitrogens is 4. The van der Waals surface area contributed by atoms with Crippen LogP contribution in [0.2, 0.25) is 0 Å². The van der Waals surface area contributed by atoms with Gasteiger partial charge in [-0.15, -0.1) is 11.3 Å². The summed E-state index contributed by atoms with van der Waals surface area (Å²) < 4.78 is 5.06. The first-order valence-corrected chi connectivity index (χ1v) is 16.9. The number of thiophene rings is 1. The molecule has 0 aliphatic heterocycles. The minimum Gasteiger partial charge on any atom is -0.309 e. The van der Waals surface area contributed by atoms with Crippen molar-refractivity contribution in [2.45, 2.75) is 0 Å². The first-order valence-electron chi connectivity index (χ1n) is 16.0. The van der Waals surface area contributed by atoms with Gasteiger partial charge in [0.1, 0.15) is 0 Å².